The molecule has 0 aliphatic carbocycles. The molecule has 2 amide bonds. The molecule has 0 fully saturated rings. The first-order chi connectivity index (χ1) is 15.2. The highest BCUT2D eigenvalue weighted by molar-refractivity contribution is 6.01. The van der Waals surface area contributed by atoms with Crippen LogP contribution in [0.1, 0.15) is 32.6 Å². The SMILES string of the molecule is Cc1cc(C)c(NC(=O)CN(C)C(=O)c2ccccc2OCc2ccc(F)cc2)c(C)c1. The van der Waals surface area contributed by atoms with Gasteiger partial charge in [0.2, 0.25) is 5.91 Å². The molecule has 5 nitrogen and oxygen atoms in total. The Morgan fingerprint density at radius 1 is 0.969 bits per heavy atom. The zero-order valence-corrected chi connectivity index (χ0v) is 18.7. The van der Waals surface area contributed by atoms with Gasteiger partial charge in [0, 0.05) is 12.7 Å². The number of carbonyl (C=O) groups excluding carboxylic acids is 2. The molecule has 166 valence electrons. The minimum Gasteiger partial charge on any atom is -0.488 e. The van der Waals surface area contributed by atoms with Crippen molar-refractivity contribution in [2.75, 3.05) is 18.9 Å². The van der Waals surface area contributed by atoms with Gasteiger partial charge < -0.3 is 15.0 Å². The van der Waals surface area contributed by atoms with Gasteiger partial charge in [-0.25, -0.2) is 4.39 Å². The number of rotatable bonds is 7. The van der Waals surface area contributed by atoms with Gasteiger partial charge in [0.1, 0.15) is 18.2 Å². The molecule has 1 N–H and O–H groups in total. The van der Waals surface area contributed by atoms with E-state index in [1.54, 1.807) is 43.4 Å². The van der Waals surface area contributed by atoms with E-state index in [0.29, 0.717) is 11.3 Å². The second-order valence-corrected chi connectivity index (χ2v) is 7.89. The highest BCUT2D eigenvalue weighted by atomic mass is 19.1. The van der Waals surface area contributed by atoms with E-state index in [1.165, 1.54) is 17.0 Å². The number of carbonyl (C=O) groups is 2. The minimum atomic E-state index is -0.327. The lowest BCUT2D eigenvalue weighted by atomic mass is 10.1. The maximum atomic E-state index is 13.1. The number of nitrogens with one attached hydrogen (secondary N) is 1. The largest absolute Gasteiger partial charge is 0.488 e. The number of nitrogens with zero attached hydrogens (tertiary/aromatic N) is 1. The number of benzene rings is 3. The van der Waals surface area contributed by atoms with Gasteiger partial charge in [-0.3, -0.25) is 9.59 Å². The number of hydrogen-bond donors (Lipinski definition) is 1. The zero-order valence-electron chi connectivity index (χ0n) is 18.7. The molecule has 0 aliphatic heterocycles. The van der Waals surface area contributed by atoms with Crippen molar-refractivity contribution in [3.63, 3.8) is 0 Å². The fourth-order valence-corrected chi connectivity index (χ4v) is 3.56. The van der Waals surface area contributed by atoms with E-state index >= 15 is 0 Å². The van der Waals surface area contributed by atoms with Crippen LogP contribution in [0.15, 0.2) is 60.7 Å². The van der Waals surface area contributed by atoms with Gasteiger partial charge in [0.05, 0.1) is 12.1 Å². The van der Waals surface area contributed by atoms with Crippen molar-refractivity contribution >= 4 is 17.5 Å². The van der Waals surface area contributed by atoms with Crippen LogP contribution in [-0.4, -0.2) is 30.3 Å². The average Bonchev–Trinajstić information content (AvgIpc) is 2.75. The van der Waals surface area contributed by atoms with Crippen LogP contribution < -0.4 is 10.1 Å². The summed E-state index contributed by atoms with van der Waals surface area (Å²) in [7, 11) is 1.58. The van der Waals surface area contributed by atoms with Crippen LogP contribution in [0.5, 0.6) is 5.75 Å². The second-order valence-electron chi connectivity index (χ2n) is 7.89. The van der Waals surface area contributed by atoms with Gasteiger partial charge in [0.15, 0.2) is 0 Å². The Bertz CT molecular complexity index is 1100. The molecular weight excluding hydrogens is 407 g/mol. The molecule has 0 aliphatic rings. The smallest absolute Gasteiger partial charge is 0.257 e. The summed E-state index contributed by atoms with van der Waals surface area (Å²) in [5.74, 6) is -0.521. The van der Waals surface area contributed by atoms with Crippen LogP contribution >= 0.6 is 0 Å². The van der Waals surface area contributed by atoms with Gasteiger partial charge >= 0.3 is 0 Å². The molecule has 3 aromatic rings. The number of para-hydroxylation sites is 1. The van der Waals surface area contributed by atoms with Crippen molar-refractivity contribution in [3.05, 3.63) is 94.3 Å². The lowest BCUT2D eigenvalue weighted by Gasteiger charge is -2.20. The van der Waals surface area contributed by atoms with E-state index in [9.17, 15) is 14.0 Å². The Balaban J connectivity index is 1.66. The maximum absolute atomic E-state index is 13.1. The molecule has 0 saturated carbocycles. The molecule has 3 rings (SSSR count). The molecule has 0 atom stereocenters. The van der Waals surface area contributed by atoms with Crippen LogP contribution in [0.4, 0.5) is 10.1 Å². The number of aryl methyl sites for hydroxylation is 3. The fraction of sp³-hybridized carbons (Fsp3) is 0.231. The summed E-state index contributed by atoms with van der Waals surface area (Å²) in [5.41, 5.74) is 4.98. The van der Waals surface area contributed by atoms with Gasteiger partial charge in [0.25, 0.3) is 5.91 Å². The molecule has 0 aromatic heterocycles. The standard InChI is InChI=1S/C26H27FN2O3/c1-17-13-18(2)25(19(3)14-17)28-24(30)15-29(4)26(31)22-7-5-6-8-23(22)32-16-20-9-11-21(27)12-10-20/h5-14H,15-16H2,1-4H3,(H,28,30). The van der Waals surface area contributed by atoms with E-state index in [4.69, 9.17) is 4.74 Å². The van der Waals surface area contributed by atoms with Gasteiger partial charge in [-0.2, -0.15) is 0 Å². The van der Waals surface area contributed by atoms with E-state index < -0.39 is 0 Å². The highest BCUT2D eigenvalue weighted by Gasteiger charge is 2.19. The maximum Gasteiger partial charge on any atom is 0.257 e. The Morgan fingerprint density at radius 3 is 2.25 bits per heavy atom. The van der Waals surface area contributed by atoms with Gasteiger partial charge in [-0.1, -0.05) is 42.0 Å². The van der Waals surface area contributed by atoms with Crippen molar-refractivity contribution < 1.29 is 18.7 Å². The number of ether oxygens (including phenoxy) is 1. The summed E-state index contributed by atoms with van der Waals surface area (Å²) in [5, 5.41) is 2.91. The third-order valence-electron chi connectivity index (χ3n) is 5.09. The van der Waals surface area contributed by atoms with Crippen molar-refractivity contribution in [1.82, 2.24) is 4.90 Å². The van der Waals surface area contributed by atoms with E-state index in [2.05, 4.69) is 5.32 Å². The Morgan fingerprint density at radius 2 is 1.59 bits per heavy atom. The quantitative estimate of drug-likeness (QED) is 0.567. The lowest BCUT2D eigenvalue weighted by Crippen LogP contribution is -2.35. The van der Waals surface area contributed by atoms with Crippen LogP contribution in [-0.2, 0) is 11.4 Å². The summed E-state index contributed by atoms with van der Waals surface area (Å²) in [4.78, 5) is 27.0. The molecule has 0 bridgehead atoms. The molecule has 3 aromatic carbocycles. The van der Waals surface area contributed by atoms with Crippen molar-refractivity contribution in [1.29, 1.82) is 0 Å². The Hall–Kier alpha value is -3.67. The monoisotopic (exact) mass is 434 g/mol. The molecular formula is C26H27FN2O3. The Kier molecular flexibility index (Phi) is 7.25. The fourth-order valence-electron chi connectivity index (χ4n) is 3.56. The molecule has 6 heteroatoms. The van der Waals surface area contributed by atoms with Crippen LogP contribution in [0.2, 0.25) is 0 Å². The average molecular weight is 435 g/mol. The first kappa shape index (κ1) is 23.0. The van der Waals surface area contributed by atoms with Crippen LogP contribution in [0.3, 0.4) is 0 Å². The summed E-state index contributed by atoms with van der Waals surface area (Å²) in [6.45, 7) is 5.99. The summed E-state index contributed by atoms with van der Waals surface area (Å²) >= 11 is 0. The number of hydrogen-bond acceptors (Lipinski definition) is 3. The summed E-state index contributed by atoms with van der Waals surface area (Å²) in [6, 6.07) is 16.9. The number of halogens is 1. The van der Waals surface area contributed by atoms with Gasteiger partial charge in [-0.15, -0.1) is 0 Å². The molecule has 32 heavy (non-hydrogen) atoms. The highest BCUT2D eigenvalue weighted by Crippen LogP contribution is 2.23. The molecule has 0 heterocycles. The van der Waals surface area contributed by atoms with Gasteiger partial charge in [-0.05, 0) is 61.7 Å². The van der Waals surface area contributed by atoms with Crippen LogP contribution in [0, 0.1) is 26.6 Å². The van der Waals surface area contributed by atoms with Crippen LogP contribution in [0.25, 0.3) is 0 Å². The third kappa shape index (κ3) is 5.72. The molecule has 0 spiro atoms. The van der Waals surface area contributed by atoms with Crippen molar-refractivity contribution in [2.45, 2.75) is 27.4 Å². The topological polar surface area (TPSA) is 58.6 Å². The third-order valence-corrected chi connectivity index (χ3v) is 5.09. The number of likely N-dealkylation sites (N-methyl/N-ethyl adjacent to an activating group) is 1. The first-order valence-electron chi connectivity index (χ1n) is 10.3. The Labute approximate surface area is 187 Å². The lowest BCUT2D eigenvalue weighted by molar-refractivity contribution is -0.116. The van der Waals surface area contributed by atoms with E-state index in [1.807, 2.05) is 32.9 Å². The first-order valence-corrected chi connectivity index (χ1v) is 10.3. The summed E-state index contributed by atoms with van der Waals surface area (Å²) < 4.78 is 18.9. The predicted octanol–water partition coefficient (Wildman–Crippen LogP) is 5.04. The molecule has 0 unspecified atom stereocenters. The predicted molar refractivity (Wildman–Crippen MR) is 123 cm³/mol. The normalized spacial score (nSPS) is 10.5. The number of amides is 2. The summed E-state index contributed by atoms with van der Waals surface area (Å²) in [6.07, 6.45) is 0. The zero-order chi connectivity index (χ0) is 23.3. The van der Waals surface area contributed by atoms with E-state index in [-0.39, 0.29) is 30.8 Å². The van der Waals surface area contributed by atoms with Crippen molar-refractivity contribution in [3.8, 4) is 5.75 Å². The molecule has 0 saturated heterocycles. The van der Waals surface area contributed by atoms with Crippen molar-refractivity contribution in [2.24, 2.45) is 0 Å². The molecule has 0 radical (unpaired) electrons. The number of anilines is 1. The van der Waals surface area contributed by atoms with E-state index in [0.717, 1.165) is 27.9 Å². The second kappa shape index (κ2) is 10.1. The minimum absolute atomic E-state index is 0.0993.